The SMILES string of the molecule is C[C@H](NS(=O)(=O)c1ccccc1C(F)(F)F)C(=O)Nc1nc(CC(N)=O)cs1. The molecule has 28 heavy (non-hydrogen) atoms. The zero-order valence-electron chi connectivity index (χ0n) is 14.3. The summed E-state index contributed by atoms with van der Waals surface area (Å²) in [6.07, 6.45) is -5.02. The van der Waals surface area contributed by atoms with Crippen LogP contribution in [0, 0.1) is 0 Å². The second kappa shape index (κ2) is 8.24. The third-order valence-corrected chi connectivity index (χ3v) is 5.75. The molecule has 2 rings (SSSR count). The summed E-state index contributed by atoms with van der Waals surface area (Å²) in [6, 6.07) is 2.24. The van der Waals surface area contributed by atoms with Crippen LogP contribution >= 0.6 is 11.3 Å². The number of anilines is 1. The van der Waals surface area contributed by atoms with E-state index in [0.29, 0.717) is 11.8 Å². The Hall–Kier alpha value is -2.51. The van der Waals surface area contributed by atoms with Crippen molar-refractivity contribution in [2.24, 2.45) is 5.73 Å². The van der Waals surface area contributed by atoms with Crippen LogP contribution in [-0.2, 0) is 32.2 Å². The molecule has 0 aliphatic carbocycles. The number of sulfonamides is 1. The molecule has 0 saturated heterocycles. The van der Waals surface area contributed by atoms with Gasteiger partial charge in [0, 0.05) is 5.38 Å². The lowest BCUT2D eigenvalue weighted by Gasteiger charge is -2.16. The van der Waals surface area contributed by atoms with E-state index in [1.54, 1.807) is 0 Å². The molecule has 1 atom stereocenters. The van der Waals surface area contributed by atoms with E-state index in [1.165, 1.54) is 12.3 Å². The summed E-state index contributed by atoms with van der Waals surface area (Å²) in [5.41, 5.74) is 4.01. The molecule has 8 nitrogen and oxygen atoms in total. The van der Waals surface area contributed by atoms with Gasteiger partial charge in [-0.2, -0.15) is 17.9 Å². The average molecular weight is 436 g/mol. The molecule has 0 aliphatic rings. The second-order valence-corrected chi connectivity index (χ2v) is 8.15. The predicted octanol–water partition coefficient (Wildman–Crippen LogP) is 1.50. The number of halogens is 3. The van der Waals surface area contributed by atoms with Gasteiger partial charge < -0.3 is 11.1 Å². The van der Waals surface area contributed by atoms with Crippen molar-refractivity contribution in [3.8, 4) is 0 Å². The van der Waals surface area contributed by atoms with Gasteiger partial charge in [-0.1, -0.05) is 12.1 Å². The second-order valence-electron chi connectivity index (χ2n) is 5.61. The summed E-state index contributed by atoms with van der Waals surface area (Å²) in [7, 11) is -4.63. The summed E-state index contributed by atoms with van der Waals surface area (Å²) in [5.74, 6) is -1.46. The molecule has 0 radical (unpaired) electrons. The lowest BCUT2D eigenvalue weighted by Crippen LogP contribution is -2.42. The zero-order valence-corrected chi connectivity index (χ0v) is 15.9. The Morgan fingerprint density at radius 1 is 1.29 bits per heavy atom. The number of carbonyl (C=O) groups is 2. The first kappa shape index (κ1) is 21.8. The lowest BCUT2D eigenvalue weighted by molar-refractivity contribution is -0.139. The highest BCUT2D eigenvalue weighted by Gasteiger charge is 2.37. The van der Waals surface area contributed by atoms with Crippen LogP contribution in [-0.4, -0.2) is 31.3 Å². The highest BCUT2D eigenvalue weighted by Crippen LogP contribution is 2.33. The van der Waals surface area contributed by atoms with Crippen molar-refractivity contribution in [1.29, 1.82) is 0 Å². The molecule has 13 heteroatoms. The Kier molecular flexibility index (Phi) is 6.41. The first-order valence-corrected chi connectivity index (χ1v) is 9.98. The van der Waals surface area contributed by atoms with Gasteiger partial charge >= 0.3 is 6.18 Å². The molecule has 0 spiro atoms. The van der Waals surface area contributed by atoms with Crippen molar-refractivity contribution in [1.82, 2.24) is 9.71 Å². The number of thiazole rings is 1. The summed E-state index contributed by atoms with van der Waals surface area (Å²) in [5, 5.41) is 3.89. The number of hydrogen-bond acceptors (Lipinski definition) is 6. The minimum Gasteiger partial charge on any atom is -0.369 e. The predicted molar refractivity (Wildman–Crippen MR) is 94.9 cm³/mol. The molecule has 152 valence electrons. The van der Waals surface area contributed by atoms with Gasteiger partial charge in [0.1, 0.15) is 0 Å². The van der Waals surface area contributed by atoms with E-state index in [-0.39, 0.29) is 11.6 Å². The van der Waals surface area contributed by atoms with Crippen LogP contribution in [0.3, 0.4) is 0 Å². The van der Waals surface area contributed by atoms with Crippen LogP contribution in [0.4, 0.5) is 18.3 Å². The number of hydrogen-bond donors (Lipinski definition) is 3. The minimum absolute atomic E-state index is 0.0861. The van der Waals surface area contributed by atoms with Gasteiger partial charge in [-0.3, -0.25) is 9.59 Å². The fraction of sp³-hybridized carbons (Fsp3) is 0.267. The van der Waals surface area contributed by atoms with Crippen molar-refractivity contribution in [3.05, 3.63) is 40.9 Å². The van der Waals surface area contributed by atoms with Crippen LogP contribution in [0.1, 0.15) is 18.2 Å². The van der Waals surface area contributed by atoms with Gasteiger partial charge in [0.2, 0.25) is 21.8 Å². The van der Waals surface area contributed by atoms with Crippen LogP contribution in [0.5, 0.6) is 0 Å². The Morgan fingerprint density at radius 2 is 1.93 bits per heavy atom. The fourth-order valence-corrected chi connectivity index (χ4v) is 4.27. The first-order valence-electron chi connectivity index (χ1n) is 7.62. The molecule has 0 bridgehead atoms. The van der Waals surface area contributed by atoms with Crippen molar-refractivity contribution >= 4 is 38.3 Å². The smallest absolute Gasteiger partial charge is 0.369 e. The van der Waals surface area contributed by atoms with Gasteiger partial charge in [-0.15, -0.1) is 11.3 Å². The molecule has 0 unspecified atom stereocenters. The Labute approximate surface area is 162 Å². The fourth-order valence-electron chi connectivity index (χ4n) is 2.12. The van der Waals surface area contributed by atoms with E-state index in [2.05, 4.69) is 10.3 Å². The zero-order chi connectivity index (χ0) is 21.1. The van der Waals surface area contributed by atoms with Crippen molar-refractivity contribution in [2.75, 3.05) is 5.32 Å². The van der Waals surface area contributed by atoms with Crippen molar-refractivity contribution in [3.63, 3.8) is 0 Å². The number of aromatic nitrogens is 1. The van der Waals surface area contributed by atoms with E-state index in [4.69, 9.17) is 5.73 Å². The molecular formula is C15H15F3N4O4S2. The van der Waals surface area contributed by atoms with Crippen LogP contribution in [0.25, 0.3) is 0 Å². The summed E-state index contributed by atoms with van der Waals surface area (Å²) >= 11 is 0.981. The maximum Gasteiger partial charge on any atom is 0.417 e. The average Bonchev–Trinajstić information content (AvgIpc) is 2.99. The molecule has 2 amide bonds. The standard InChI is InChI=1S/C15H15F3N4O4S2/c1-8(13(24)21-14-20-9(7-27-14)6-12(19)23)22-28(25,26)11-5-3-2-4-10(11)15(16,17)18/h2-5,7-8,22H,6H2,1H3,(H2,19,23)(H,20,21,24)/t8-/m0/s1. The van der Waals surface area contributed by atoms with Crippen molar-refractivity contribution in [2.45, 2.75) is 30.5 Å². The number of nitrogens with two attached hydrogens (primary N) is 1. The van der Waals surface area contributed by atoms with Crippen LogP contribution in [0.2, 0.25) is 0 Å². The Morgan fingerprint density at radius 3 is 2.54 bits per heavy atom. The van der Waals surface area contributed by atoms with E-state index in [0.717, 1.165) is 29.5 Å². The number of carbonyl (C=O) groups excluding carboxylic acids is 2. The van der Waals surface area contributed by atoms with Gasteiger partial charge in [0.05, 0.1) is 28.6 Å². The van der Waals surface area contributed by atoms with E-state index < -0.39 is 44.5 Å². The molecule has 0 saturated carbocycles. The highest BCUT2D eigenvalue weighted by atomic mass is 32.2. The molecule has 2 aromatic rings. The van der Waals surface area contributed by atoms with Gasteiger partial charge in [0.25, 0.3) is 0 Å². The normalized spacial score (nSPS) is 13.1. The van der Waals surface area contributed by atoms with E-state index in [9.17, 15) is 31.2 Å². The molecular weight excluding hydrogens is 421 g/mol. The maximum atomic E-state index is 13.0. The minimum atomic E-state index is -4.88. The van der Waals surface area contributed by atoms with E-state index in [1.807, 2.05) is 4.72 Å². The third kappa shape index (κ3) is 5.50. The van der Waals surface area contributed by atoms with Crippen LogP contribution in [0.15, 0.2) is 34.5 Å². The van der Waals surface area contributed by atoms with E-state index >= 15 is 0 Å². The lowest BCUT2D eigenvalue weighted by atomic mass is 10.2. The summed E-state index contributed by atoms with van der Waals surface area (Å²) in [4.78, 5) is 25.9. The first-order chi connectivity index (χ1) is 12.9. The molecule has 0 fully saturated rings. The summed E-state index contributed by atoms with van der Waals surface area (Å²) < 4.78 is 65.7. The Bertz CT molecular complexity index is 989. The maximum absolute atomic E-state index is 13.0. The van der Waals surface area contributed by atoms with Crippen LogP contribution < -0.4 is 15.8 Å². The molecule has 4 N–H and O–H groups in total. The van der Waals surface area contributed by atoms with Gasteiger partial charge in [-0.25, -0.2) is 13.4 Å². The van der Waals surface area contributed by atoms with Gasteiger partial charge in [0.15, 0.2) is 5.13 Å². The Balaban J connectivity index is 2.13. The number of benzene rings is 1. The highest BCUT2D eigenvalue weighted by molar-refractivity contribution is 7.89. The number of primary amides is 1. The summed E-state index contributed by atoms with van der Waals surface area (Å²) in [6.45, 7) is 1.17. The quantitative estimate of drug-likeness (QED) is 0.605. The molecule has 1 heterocycles. The molecule has 0 aliphatic heterocycles. The van der Waals surface area contributed by atoms with Gasteiger partial charge in [-0.05, 0) is 19.1 Å². The number of nitrogens with one attached hydrogen (secondary N) is 2. The monoisotopic (exact) mass is 436 g/mol. The number of alkyl halides is 3. The van der Waals surface area contributed by atoms with Crippen molar-refractivity contribution < 1.29 is 31.2 Å². The molecule has 1 aromatic heterocycles. The third-order valence-electron chi connectivity index (χ3n) is 3.34. The topological polar surface area (TPSA) is 131 Å². The largest absolute Gasteiger partial charge is 0.417 e. The molecule has 1 aromatic carbocycles. The number of amides is 2. The number of nitrogens with zero attached hydrogens (tertiary/aromatic N) is 1. The number of rotatable bonds is 7.